The summed E-state index contributed by atoms with van der Waals surface area (Å²) in [5.74, 6) is -5.03. The smallest absolute Gasteiger partial charge is 0.324 e. The Morgan fingerprint density at radius 2 is 0.429 bits per heavy atom. The predicted molar refractivity (Wildman–Crippen MR) is 309 cm³/mol. The molecule has 0 aromatic rings. The first-order valence-corrected chi connectivity index (χ1v) is 31.4. The number of unbranched alkanes of at least 4 members (excludes halogenated alkanes) is 17. The summed E-state index contributed by atoms with van der Waals surface area (Å²) in [5.41, 5.74) is 10.6. The first kappa shape index (κ1) is 78.5. The summed E-state index contributed by atoms with van der Waals surface area (Å²) in [7, 11) is 0. The van der Waals surface area contributed by atoms with Crippen LogP contribution in [0.25, 0.3) is 0 Å². The van der Waals surface area contributed by atoms with E-state index in [9.17, 15) is 47.9 Å². The van der Waals surface area contributed by atoms with Crippen LogP contribution in [-0.2, 0) is 95.7 Å². The van der Waals surface area contributed by atoms with Gasteiger partial charge in [-0.3, -0.25) is 47.9 Å². The first-order valence-electron chi connectivity index (χ1n) is 31.4. The SMILES string of the molecule is CCCCNOC(=O)CCCCCCCC(=O)OCC(COC(=O)CCCCC(=O)OCC(COC(=O)CCCC(=O)ONCCCC)OC(=O)CCCCCCCC(=O)ONCCCC)OC(=O)CCCCCCCC(=O)ONCCCC. The van der Waals surface area contributed by atoms with Gasteiger partial charge in [-0.2, -0.15) is 21.9 Å². The number of carbonyl (C=O) groups excluding carboxylic acids is 10. The molecule has 0 rings (SSSR count). The minimum absolute atomic E-state index is 0.0252. The standard InChI is InChI=1S/C60H106N4O20/c1-5-9-41-61-81-57(71)36-25-19-13-16-22-31-51(65)75-45-49(79-55(69)34-23-17-14-20-26-37-58(72)82-62-42-10-6-2)46-76-52(66)32-28-29-33-53(67)77-47-50(48-78-54(68)39-30-40-60(74)84-64-44-12-8-4)80-56(70)35-24-18-15-21-27-38-59(73)83-63-43-11-7-3/h49-50,61-64H,5-48H2,1-4H3. The summed E-state index contributed by atoms with van der Waals surface area (Å²) in [6, 6.07) is 0. The molecule has 0 aromatic carbocycles. The summed E-state index contributed by atoms with van der Waals surface area (Å²) < 4.78 is 32.7. The second-order valence-electron chi connectivity index (χ2n) is 20.7. The van der Waals surface area contributed by atoms with Crippen LogP contribution < -0.4 is 21.9 Å². The second-order valence-corrected chi connectivity index (χ2v) is 20.7. The fourth-order valence-corrected chi connectivity index (χ4v) is 7.60. The molecule has 24 heteroatoms. The molecule has 84 heavy (non-hydrogen) atoms. The van der Waals surface area contributed by atoms with Gasteiger partial charge in [0.05, 0.1) is 0 Å². The molecule has 0 heterocycles. The fourth-order valence-electron chi connectivity index (χ4n) is 7.60. The molecule has 0 saturated heterocycles. The van der Waals surface area contributed by atoms with E-state index in [0.717, 1.165) is 96.3 Å². The third-order valence-corrected chi connectivity index (χ3v) is 12.6. The third-order valence-electron chi connectivity index (χ3n) is 12.6. The van der Waals surface area contributed by atoms with Crippen molar-refractivity contribution in [2.24, 2.45) is 0 Å². The van der Waals surface area contributed by atoms with Crippen molar-refractivity contribution in [2.75, 3.05) is 52.6 Å². The van der Waals surface area contributed by atoms with Crippen molar-refractivity contribution in [2.45, 2.75) is 271 Å². The van der Waals surface area contributed by atoms with Gasteiger partial charge in [0.15, 0.2) is 12.2 Å². The van der Waals surface area contributed by atoms with Gasteiger partial charge < -0.3 is 47.8 Å². The van der Waals surface area contributed by atoms with E-state index in [-0.39, 0.29) is 108 Å². The zero-order chi connectivity index (χ0) is 61.9. The maximum atomic E-state index is 12.9. The molecule has 0 bridgehead atoms. The fraction of sp³-hybridized carbons (Fsp3) is 0.833. The van der Waals surface area contributed by atoms with Gasteiger partial charge in [0.1, 0.15) is 26.4 Å². The molecule has 0 spiro atoms. The van der Waals surface area contributed by atoms with Crippen LogP contribution in [0.1, 0.15) is 259 Å². The summed E-state index contributed by atoms with van der Waals surface area (Å²) in [4.78, 5) is 144. The van der Waals surface area contributed by atoms with E-state index in [2.05, 4.69) is 21.9 Å². The summed E-state index contributed by atoms with van der Waals surface area (Å²) in [5, 5.41) is 0. The Bertz CT molecular complexity index is 1770. The number of rotatable bonds is 59. The molecule has 0 aromatic heterocycles. The molecule has 0 aliphatic heterocycles. The van der Waals surface area contributed by atoms with Crippen molar-refractivity contribution >= 4 is 59.7 Å². The molecule has 0 amide bonds. The van der Waals surface area contributed by atoms with Crippen molar-refractivity contribution < 1.29 is 95.7 Å². The van der Waals surface area contributed by atoms with Crippen molar-refractivity contribution in [1.29, 1.82) is 0 Å². The van der Waals surface area contributed by atoms with E-state index in [1.54, 1.807) is 0 Å². The van der Waals surface area contributed by atoms with Gasteiger partial charge >= 0.3 is 59.7 Å². The summed E-state index contributed by atoms with van der Waals surface area (Å²) in [6.45, 7) is 8.97. The summed E-state index contributed by atoms with van der Waals surface area (Å²) in [6.07, 6.45) is 17.1. The van der Waals surface area contributed by atoms with Crippen LogP contribution in [0.4, 0.5) is 0 Å². The third kappa shape index (κ3) is 54.5. The number of nitrogens with one attached hydrogen (secondary N) is 4. The van der Waals surface area contributed by atoms with Crippen molar-refractivity contribution in [3.63, 3.8) is 0 Å². The van der Waals surface area contributed by atoms with Gasteiger partial charge in [-0.1, -0.05) is 111 Å². The Morgan fingerprint density at radius 3 is 0.679 bits per heavy atom. The minimum atomic E-state index is -1.11. The molecular formula is C60H106N4O20. The Balaban J connectivity index is 5.14. The highest BCUT2D eigenvalue weighted by Gasteiger charge is 2.22. The average Bonchev–Trinajstić information content (AvgIpc) is 3.47. The Hall–Kier alpha value is -5.46. The van der Waals surface area contributed by atoms with Crippen LogP contribution in [0.2, 0.25) is 0 Å². The number of hydrogen-bond acceptors (Lipinski definition) is 24. The molecule has 0 radical (unpaired) electrons. The lowest BCUT2D eigenvalue weighted by molar-refractivity contribution is -0.167. The van der Waals surface area contributed by atoms with Crippen LogP contribution in [0, 0.1) is 0 Å². The van der Waals surface area contributed by atoms with Crippen molar-refractivity contribution in [1.82, 2.24) is 21.9 Å². The van der Waals surface area contributed by atoms with Crippen LogP contribution in [-0.4, -0.2) is 125 Å². The van der Waals surface area contributed by atoms with Gasteiger partial charge in [0.25, 0.3) is 0 Å². The van der Waals surface area contributed by atoms with Crippen LogP contribution >= 0.6 is 0 Å². The largest absolute Gasteiger partial charge is 0.462 e. The minimum Gasteiger partial charge on any atom is -0.462 e. The van der Waals surface area contributed by atoms with E-state index in [4.69, 9.17) is 47.8 Å². The van der Waals surface area contributed by atoms with E-state index >= 15 is 0 Å². The number of hydroxylamine groups is 4. The lowest BCUT2D eigenvalue weighted by Crippen LogP contribution is -2.31. The topological polar surface area (TPSA) is 311 Å². The highest BCUT2D eigenvalue weighted by Crippen LogP contribution is 2.14. The van der Waals surface area contributed by atoms with Gasteiger partial charge in [0.2, 0.25) is 0 Å². The lowest BCUT2D eigenvalue weighted by Gasteiger charge is -2.18. The molecule has 2 unspecified atom stereocenters. The maximum absolute atomic E-state index is 12.9. The molecule has 4 N–H and O–H groups in total. The molecule has 0 aliphatic carbocycles. The van der Waals surface area contributed by atoms with Crippen LogP contribution in [0.3, 0.4) is 0 Å². The average molecular weight is 1200 g/mol. The molecule has 0 aliphatic rings. The number of ether oxygens (including phenoxy) is 6. The molecule has 2 atom stereocenters. The quantitative estimate of drug-likeness (QED) is 0.0191. The number of hydrogen-bond donors (Lipinski definition) is 4. The second kappa shape index (κ2) is 57.9. The molecule has 24 nitrogen and oxygen atoms in total. The lowest BCUT2D eigenvalue weighted by atomic mass is 10.1. The molecule has 486 valence electrons. The summed E-state index contributed by atoms with van der Waals surface area (Å²) >= 11 is 0. The van der Waals surface area contributed by atoms with Gasteiger partial charge in [-0.25, -0.2) is 0 Å². The van der Waals surface area contributed by atoms with Crippen molar-refractivity contribution in [3.8, 4) is 0 Å². The molecule has 0 fully saturated rings. The zero-order valence-electron chi connectivity index (χ0n) is 51.4. The number of esters is 6. The number of carbonyl (C=O) groups is 10. The van der Waals surface area contributed by atoms with Gasteiger partial charge in [-0.05, 0) is 83.5 Å². The highest BCUT2D eigenvalue weighted by atomic mass is 16.7. The van der Waals surface area contributed by atoms with Crippen LogP contribution in [0.15, 0.2) is 0 Å². The molecular weight excluding hydrogens is 1100 g/mol. The Labute approximate surface area is 499 Å². The first-order chi connectivity index (χ1) is 40.7. The van der Waals surface area contributed by atoms with Crippen LogP contribution in [0.5, 0.6) is 0 Å². The van der Waals surface area contributed by atoms with E-state index in [1.807, 2.05) is 27.7 Å². The normalized spacial score (nSPS) is 11.6. The van der Waals surface area contributed by atoms with Crippen molar-refractivity contribution in [3.05, 3.63) is 0 Å². The predicted octanol–water partition coefficient (Wildman–Crippen LogP) is 9.30. The van der Waals surface area contributed by atoms with Gasteiger partial charge in [0, 0.05) is 90.4 Å². The van der Waals surface area contributed by atoms with E-state index in [0.29, 0.717) is 84.0 Å². The Morgan fingerprint density at radius 1 is 0.238 bits per heavy atom. The molecule has 0 saturated carbocycles. The maximum Gasteiger partial charge on any atom is 0.324 e. The zero-order valence-corrected chi connectivity index (χ0v) is 51.4. The van der Waals surface area contributed by atoms with Gasteiger partial charge in [-0.15, -0.1) is 0 Å². The monoisotopic (exact) mass is 1200 g/mol. The highest BCUT2D eigenvalue weighted by molar-refractivity contribution is 5.74. The van der Waals surface area contributed by atoms with E-state index < -0.39 is 67.2 Å². The van der Waals surface area contributed by atoms with E-state index in [1.165, 1.54) is 0 Å². The Kier molecular flexibility index (Phi) is 54.2.